The molecule has 0 atom stereocenters. The summed E-state index contributed by atoms with van der Waals surface area (Å²) in [5.41, 5.74) is 27.2. The van der Waals surface area contributed by atoms with Crippen molar-refractivity contribution in [2.24, 2.45) is 0 Å². The van der Waals surface area contributed by atoms with Gasteiger partial charge in [-0.05, 0) is 221 Å². The number of hydrogen-bond acceptors (Lipinski definition) is 0. The molecule has 0 N–H and O–H groups in total. The van der Waals surface area contributed by atoms with Gasteiger partial charge in [0.2, 0.25) is 0 Å². The van der Waals surface area contributed by atoms with Crippen LogP contribution in [0.5, 0.6) is 0 Å². The summed E-state index contributed by atoms with van der Waals surface area (Å²) in [5, 5.41) is 20.2. The second-order valence-electron chi connectivity index (χ2n) is 28.8. The molecule has 0 heterocycles. The Morgan fingerprint density at radius 2 is 0.273 bits per heavy atom. The van der Waals surface area contributed by atoms with Gasteiger partial charge in [-0.3, -0.25) is 0 Å². The lowest BCUT2D eigenvalue weighted by Gasteiger charge is -2.20. The van der Waals surface area contributed by atoms with Crippen LogP contribution < -0.4 is 0 Å². The molecule has 0 aliphatic heterocycles. The van der Waals surface area contributed by atoms with Gasteiger partial charge in [0, 0.05) is 0 Å². The smallest absolute Gasteiger partial charge is 0.00201 e. The van der Waals surface area contributed by atoms with Gasteiger partial charge in [-0.1, -0.05) is 425 Å². The monoisotopic (exact) mass is 1390 g/mol. The molecular weight excluding hydrogens is 1320 g/mol. The Morgan fingerprint density at radius 3 is 0.582 bits per heavy atom. The van der Waals surface area contributed by atoms with Crippen molar-refractivity contribution in [1.82, 2.24) is 0 Å². The summed E-state index contributed by atoms with van der Waals surface area (Å²) in [4.78, 5) is 0. The zero-order valence-electron chi connectivity index (χ0n) is 60.6. The van der Waals surface area contributed by atoms with Crippen LogP contribution in [-0.2, 0) is 0 Å². The second-order valence-corrected chi connectivity index (χ2v) is 28.8. The highest BCUT2D eigenvalue weighted by molar-refractivity contribution is 6.26. The summed E-state index contributed by atoms with van der Waals surface area (Å²) in [6.45, 7) is 0. The Labute approximate surface area is 641 Å². The van der Waals surface area contributed by atoms with E-state index in [1.807, 2.05) is 0 Å². The minimum Gasteiger partial charge on any atom is -0.0622 e. The summed E-state index contributed by atoms with van der Waals surface area (Å²) in [6.07, 6.45) is 0. The van der Waals surface area contributed by atoms with Crippen LogP contribution in [0.4, 0.5) is 0 Å². The van der Waals surface area contributed by atoms with Crippen molar-refractivity contribution in [3.63, 3.8) is 0 Å². The van der Waals surface area contributed by atoms with Crippen LogP contribution in [0.15, 0.2) is 437 Å². The summed E-state index contributed by atoms with van der Waals surface area (Å²) >= 11 is 0. The van der Waals surface area contributed by atoms with Crippen LogP contribution in [-0.4, -0.2) is 0 Å². The van der Waals surface area contributed by atoms with E-state index in [1.165, 1.54) is 209 Å². The van der Waals surface area contributed by atoms with Crippen molar-refractivity contribution >= 4 is 86.2 Å². The van der Waals surface area contributed by atoms with E-state index in [1.54, 1.807) is 0 Å². The molecule has 0 unspecified atom stereocenters. The molecule has 21 rings (SSSR count). The first-order valence-corrected chi connectivity index (χ1v) is 38.1. The topological polar surface area (TPSA) is 0 Å². The molecule has 0 fully saturated rings. The molecule has 21 aromatic rings. The maximum Gasteiger partial charge on any atom is -0.00201 e. The van der Waals surface area contributed by atoms with E-state index in [0.29, 0.717) is 0 Å². The maximum atomic E-state index is 2.43. The number of benzene rings is 21. The van der Waals surface area contributed by atoms with Crippen molar-refractivity contribution in [1.29, 1.82) is 0 Å². The van der Waals surface area contributed by atoms with Crippen molar-refractivity contribution in [2.75, 3.05) is 0 Å². The summed E-state index contributed by atoms with van der Waals surface area (Å²) in [6, 6.07) is 160. The molecule has 0 nitrogen and oxygen atoms in total. The van der Waals surface area contributed by atoms with E-state index < -0.39 is 0 Å². The van der Waals surface area contributed by atoms with Gasteiger partial charge in [-0.2, -0.15) is 0 Å². The first kappa shape index (κ1) is 65.2. The van der Waals surface area contributed by atoms with Crippen LogP contribution in [0.1, 0.15) is 0 Å². The molecule has 21 aromatic carbocycles. The lowest BCUT2D eigenvalue weighted by atomic mass is 9.83. The van der Waals surface area contributed by atoms with Crippen LogP contribution in [0.2, 0.25) is 0 Å². The van der Waals surface area contributed by atoms with Gasteiger partial charge in [0.15, 0.2) is 0 Å². The van der Waals surface area contributed by atoms with E-state index in [9.17, 15) is 0 Å². The van der Waals surface area contributed by atoms with Gasteiger partial charge in [0.05, 0.1) is 0 Å². The SMILES string of the molecule is c1ccc(-c2ccc(-c3c4ccccc4c(-c4ccc(-c5ccccc5)cc4)c4cc(-c5ccc(-c6c7ccccc7c(-c7cccc8ccccc78)c7ccccc67)cc5)ccc34)cc2)cc1.c1ccc(-c2ccc(-c3ccc4c(-c5cccc6ccccc56)c5ccccc5c(-c5ccccc5)c4c3)cc2)cc1. The van der Waals surface area contributed by atoms with Gasteiger partial charge in [-0.15, -0.1) is 0 Å². The summed E-state index contributed by atoms with van der Waals surface area (Å²) < 4.78 is 0. The lowest BCUT2D eigenvalue weighted by Crippen LogP contribution is -1.92. The quantitative estimate of drug-likeness (QED) is 0.113. The van der Waals surface area contributed by atoms with Gasteiger partial charge in [0.25, 0.3) is 0 Å². The molecule has 0 amide bonds. The molecule has 0 bridgehead atoms. The second kappa shape index (κ2) is 28.2. The molecule has 110 heavy (non-hydrogen) atoms. The van der Waals surface area contributed by atoms with Gasteiger partial charge >= 0.3 is 0 Å². The zero-order chi connectivity index (χ0) is 72.9. The van der Waals surface area contributed by atoms with E-state index in [2.05, 4.69) is 437 Å². The van der Waals surface area contributed by atoms with Crippen LogP contribution in [0, 0.1) is 0 Å². The zero-order valence-corrected chi connectivity index (χ0v) is 60.6. The molecule has 0 saturated heterocycles. The average Bonchev–Trinajstić information content (AvgIpc) is 0.737. The van der Waals surface area contributed by atoms with Crippen LogP contribution >= 0.6 is 0 Å². The standard InChI is InChI=1S/C68H44.C42H28/c1-3-16-45(17-4-1)47-30-36-52(37-31-47)66-57-23-9-10-24-58(57)67(53-38-32-48(33-39-53)46-18-5-2-6-19-46)64-44-54(42-43-63(64)66)49-34-40-51(41-35-49)65-59-25-11-13-27-61(59)68(62-28-14-12-26-60(62)65)56-29-15-21-50-20-7-8-22-55(50)56;1-3-12-29(13-4-1)30-22-24-31(25-23-30)34-26-27-39-40(28-34)41(33-15-5-2-6-16-33)37-19-9-10-20-38(37)42(39)36-21-11-17-32-14-7-8-18-35(32)36/h1-44H;1-28H. The minimum absolute atomic E-state index is 1.18. The van der Waals surface area contributed by atoms with E-state index in [-0.39, 0.29) is 0 Å². The average molecular weight is 1390 g/mol. The van der Waals surface area contributed by atoms with E-state index >= 15 is 0 Å². The molecule has 512 valence electrons. The van der Waals surface area contributed by atoms with Crippen LogP contribution in [0.3, 0.4) is 0 Å². The van der Waals surface area contributed by atoms with E-state index in [4.69, 9.17) is 0 Å². The molecule has 0 heteroatoms. The van der Waals surface area contributed by atoms with Gasteiger partial charge < -0.3 is 0 Å². The predicted octanol–water partition coefficient (Wildman–Crippen LogP) is 30.9. The third-order valence-electron chi connectivity index (χ3n) is 22.6. The number of hydrogen-bond donors (Lipinski definition) is 0. The molecular formula is C110H72. The van der Waals surface area contributed by atoms with E-state index in [0.717, 1.165) is 0 Å². The van der Waals surface area contributed by atoms with Crippen molar-refractivity contribution in [3.05, 3.63) is 437 Å². The highest BCUT2D eigenvalue weighted by Gasteiger charge is 2.23. The fourth-order valence-corrected chi connectivity index (χ4v) is 17.4. The largest absolute Gasteiger partial charge is 0.0622 e. The van der Waals surface area contributed by atoms with Gasteiger partial charge in [-0.25, -0.2) is 0 Å². The number of fused-ring (bicyclic) bond motifs is 8. The Kier molecular flexibility index (Phi) is 16.7. The Morgan fingerprint density at radius 1 is 0.0909 bits per heavy atom. The Hall–Kier alpha value is -14.3. The first-order valence-electron chi connectivity index (χ1n) is 38.1. The first-order chi connectivity index (χ1) is 54.6. The highest BCUT2D eigenvalue weighted by atomic mass is 14.3. The molecule has 0 aromatic heterocycles. The third kappa shape index (κ3) is 11.8. The maximum absolute atomic E-state index is 2.43. The minimum atomic E-state index is 1.18. The molecule has 0 saturated carbocycles. The van der Waals surface area contributed by atoms with Gasteiger partial charge in [0.1, 0.15) is 0 Å². The number of rotatable bonds is 11. The summed E-state index contributed by atoms with van der Waals surface area (Å²) in [7, 11) is 0. The van der Waals surface area contributed by atoms with Crippen molar-refractivity contribution in [2.45, 2.75) is 0 Å². The molecule has 0 spiro atoms. The van der Waals surface area contributed by atoms with Crippen molar-refractivity contribution < 1.29 is 0 Å². The molecule has 0 aliphatic rings. The van der Waals surface area contributed by atoms with Crippen molar-refractivity contribution in [3.8, 4) is 122 Å². The highest BCUT2D eigenvalue weighted by Crippen LogP contribution is 2.50. The normalized spacial score (nSPS) is 11.5. The lowest BCUT2D eigenvalue weighted by molar-refractivity contribution is 1.60. The third-order valence-corrected chi connectivity index (χ3v) is 22.6. The summed E-state index contributed by atoms with van der Waals surface area (Å²) in [5.74, 6) is 0. The van der Waals surface area contributed by atoms with Crippen LogP contribution in [0.25, 0.3) is 209 Å². The Balaban J connectivity index is 0.000000161. The Bertz CT molecular complexity index is 6980. The fraction of sp³-hybridized carbons (Fsp3) is 0. The molecule has 0 aliphatic carbocycles. The molecule has 0 radical (unpaired) electrons. The predicted molar refractivity (Wildman–Crippen MR) is 473 cm³/mol. The fourth-order valence-electron chi connectivity index (χ4n) is 17.4.